The first-order valence-electron chi connectivity index (χ1n) is 7.36. The van der Waals surface area contributed by atoms with Crippen LogP contribution in [0, 0.1) is 20.8 Å². The van der Waals surface area contributed by atoms with E-state index in [2.05, 4.69) is 0 Å². The lowest BCUT2D eigenvalue weighted by molar-refractivity contribution is -0.145. The second-order valence-corrected chi connectivity index (χ2v) is 7.88. The molecule has 124 valence electrons. The lowest BCUT2D eigenvalue weighted by Gasteiger charge is -2.27. The van der Waals surface area contributed by atoms with Crippen LogP contribution in [0.3, 0.4) is 0 Å². The van der Waals surface area contributed by atoms with Crippen molar-refractivity contribution in [3.63, 3.8) is 0 Å². The fourth-order valence-corrected chi connectivity index (χ4v) is 3.64. The number of nitrogens with zero attached hydrogens (tertiary/aromatic N) is 1. The molecule has 0 saturated carbocycles. The van der Waals surface area contributed by atoms with E-state index in [-0.39, 0.29) is 18.4 Å². The molecule has 0 aliphatic carbocycles. The maximum Gasteiger partial charge on any atom is 0.327 e. The Morgan fingerprint density at radius 1 is 1.18 bits per heavy atom. The highest BCUT2D eigenvalue weighted by Crippen LogP contribution is 2.28. The van der Waals surface area contributed by atoms with Crippen LogP contribution >= 0.6 is 0 Å². The zero-order valence-electron chi connectivity index (χ0n) is 14.1. The topological polar surface area (TPSA) is 63.7 Å². The summed E-state index contributed by atoms with van der Waals surface area (Å²) in [6.07, 6.45) is -0.279. The van der Waals surface area contributed by atoms with Crippen LogP contribution in [-0.2, 0) is 19.6 Å². The molecule has 0 heterocycles. The first-order valence-corrected chi connectivity index (χ1v) is 8.97. The number of hydrogen-bond donors (Lipinski definition) is 0. The molecule has 0 aliphatic heterocycles. The highest BCUT2D eigenvalue weighted by molar-refractivity contribution is 7.92. The summed E-state index contributed by atoms with van der Waals surface area (Å²) in [4.78, 5) is 12.0. The van der Waals surface area contributed by atoms with Gasteiger partial charge in [-0.3, -0.25) is 9.10 Å². The molecule has 0 amide bonds. The number of benzene rings is 1. The predicted molar refractivity (Wildman–Crippen MR) is 88.7 cm³/mol. The second-order valence-electron chi connectivity index (χ2n) is 5.69. The third kappa shape index (κ3) is 4.47. The van der Waals surface area contributed by atoms with Crippen molar-refractivity contribution >= 4 is 21.7 Å². The van der Waals surface area contributed by atoms with Crippen LogP contribution in [0.4, 0.5) is 5.69 Å². The molecule has 1 aromatic rings. The number of aryl methyl sites for hydroxylation is 3. The van der Waals surface area contributed by atoms with Gasteiger partial charge in [-0.15, -0.1) is 0 Å². The van der Waals surface area contributed by atoms with Gasteiger partial charge in [-0.1, -0.05) is 17.7 Å². The predicted octanol–water partition coefficient (Wildman–Crippen LogP) is 2.72. The minimum absolute atomic E-state index is 0.0747. The Morgan fingerprint density at radius 2 is 1.68 bits per heavy atom. The van der Waals surface area contributed by atoms with Crippen molar-refractivity contribution in [1.29, 1.82) is 0 Å². The molecule has 22 heavy (non-hydrogen) atoms. The quantitative estimate of drug-likeness (QED) is 0.754. The van der Waals surface area contributed by atoms with Gasteiger partial charge in [0.2, 0.25) is 10.0 Å². The zero-order valence-corrected chi connectivity index (χ0v) is 15.0. The summed E-state index contributed by atoms with van der Waals surface area (Å²) in [6, 6.07) is 3.82. The van der Waals surface area contributed by atoms with Crippen LogP contribution in [0.15, 0.2) is 12.1 Å². The standard InChI is InChI=1S/C16H25NO4S/c1-7-22(19,20)17(10-15(18)21-11(2)3)16-13(5)8-12(4)9-14(16)6/h8-9,11H,7,10H2,1-6H3. The largest absolute Gasteiger partial charge is 0.462 e. The number of sulfonamides is 1. The molecule has 6 heteroatoms. The molecule has 0 fully saturated rings. The Bertz CT molecular complexity index is 627. The molecule has 0 saturated heterocycles. The number of esters is 1. The molecule has 0 aliphatic rings. The summed E-state index contributed by atoms with van der Waals surface area (Å²) in [5, 5.41) is 0. The second kappa shape index (κ2) is 7.13. The van der Waals surface area contributed by atoms with Gasteiger partial charge in [0.1, 0.15) is 6.54 Å². The number of ether oxygens (including phenoxy) is 1. The fraction of sp³-hybridized carbons (Fsp3) is 0.562. The van der Waals surface area contributed by atoms with Crippen molar-refractivity contribution in [1.82, 2.24) is 0 Å². The molecule has 0 unspecified atom stereocenters. The maximum absolute atomic E-state index is 12.4. The third-order valence-electron chi connectivity index (χ3n) is 3.23. The van der Waals surface area contributed by atoms with E-state index in [1.807, 2.05) is 32.9 Å². The molecule has 0 radical (unpaired) electrons. The lowest BCUT2D eigenvalue weighted by atomic mass is 10.1. The molecule has 0 aromatic heterocycles. The van der Waals surface area contributed by atoms with E-state index in [0.717, 1.165) is 16.7 Å². The normalized spacial score (nSPS) is 11.6. The van der Waals surface area contributed by atoms with Crippen molar-refractivity contribution < 1.29 is 17.9 Å². The summed E-state index contributed by atoms with van der Waals surface area (Å²) in [6.45, 7) is 10.4. The highest BCUT2D eigenvalue weighted by Gasteiger charge is 2.27. The van der Waals surface area contributed by atoms with E-state index < -0.39 is 16.0 Å². The number of anilines is 1. The van der Waals surface area contributed by atoms with Gasteiger partial charge in [0, 0.05) is 0 Å². The van der Waals surface area contributed by atoms with Crippen molar-refractivity contribution in [2.75, 3.05) is 16.6 Å². The number of rotatable bonds is 6. The van der Waals surface area contributed by atoms with Crippen molar-refractivity contribution in [3.05, 3.63) is 28.8 Å². The third-order valence-corrected chi connectivity index (χ3v) is 4.94. The van der Waals surface area contributed by atoms with Crippen LogP contribution in [-0.4, -0.2) is 32.8 Å². The Morgan fingerprint density at radius 3 is 2.09 bits per heavy atom. The highest BCUT2D eigenvalue weighted by atomic mass is 32.2. The Balaban J connectivity index is 3.32. The van der Waals surface area contributed by atoms with Crippen molar-refractivity contribution in [2.24, 2.45) is 0 Å². The summed E-state index contributed by atoms with van der Waals surface area (Å²) in [7, 11) is -3.57. The average molecular weight is 327 g/mol. The van der Waals surface area contributed by atoms with E-state index in [1.54, 1.807) is 20.8 Å². The minimum Gasteiger partial charge on any atom is -0.462 e. The Hall–Kier alpha value is -1.56. The van der Waals surface area contributed by atoms with Gasteiger partial charge < -0.3 is 4.74 Å². The maximum atomic E-state index is 12.4. The van der Waals surface area contributed by atoms with Gasteiger partial charge in [0.05, 0.1) is 17.5 Å². The lowest BCUT2D eigenvalue weighted by Crippen LogP contribution is -2.39. The SMILES string of the molecule is CCS(=O)(=O)N(CC(=O)OC(C)C)c1c(C)cc(C)cc1C. The summed E-state index contributed by atoms with van der Waals surface area (Å²) >= 11 is 0. The monoisotopic (exact) mass is 327 g/mol. The molecule has 5 nitrogen and oxygen atoms in total. The van der Waals surface area contributed by atoms with Gasteiger partial charge in [-0.2, -0.15) is 0 Å². The number of hydrogen-bond acceptors (Lipinski definition) is 4. The molecule has 0 N–H and O–H groups in total. The molecular weight excluding hydrogens is 302 g/mol. The van der Waals surface area contributed by atoms with E-state index >= 15 is 0 Å². The number of carbonyl (C=O) groups is 1. The van der Waals surface area contributed by atoms with Gasteiger partial charge in [-0.05, 0) is 52.7 Å². The molecule has 0 bridgehead atoms. The van der Waals surface area contributed by atoms with E-state index in [4.69, 9.17) is 4.74 Å². The number of carbonyl (C=O) groups excluding carboxylic acids is 1. The van der Waals surface area contributed by atoms with E-state index in [9.17, 15) is 13.2 Å². The summed E-state index contributed by atoms with van der Waals surface area (Å²) in [5.74, 6) is -0.624. The van der Waals surface area contributed by atoms with Gasteiger partial charge >= 0.3 is 5.97 Å². The van der Waals surface area contributed by atoms with Gasteiger partial charge in [-0.25, -0.2) is 8.42 Å². The Labute approximate surface area is 133 Å². The van der Waals surface area contributed by atoms with Crippen molar-refractivity contribution in [3.8, 4) is 0 Å². The average Bonchev–Trinajstić information content (AvgIpc) is 2.35. The molecular formula is C16H25NO4S. The zero-order chi connectivity index (χ0) is 17.1. The van der Waals surface area contributed by atoms with Crippen LogP contribution in [0.5, 0.6) is 0 Å². The van der Waals surface area contributed by atoms with Crippen LogP contribution in [0.2, 0.25) is 0 Å². The molecule has 1 aromatic carbocycles. The fourth-order valence-electron chi connectivity index (χ4n) is 2.46. The minimum atomic E-state index is -3.57. The first-order chi connectivity index (χ1) is 10.1. The van der Waals surface area contributed by atoms with Crippen LogP contribution in [0.25, 0.3) is 0 Å². The summed E-state index contributed by atoms with van der Waals surface area (Å²) < 4.78 is 31.1. The first kappa shape index (κ1) is 18.5. The van der Waals surface area contributed by atoms with Crippen LogP contribution < -0.4 is 4.31 Å². The summed E-state index contributed by atoms with van der Waals surface area (Å²) in [5.41, 5.74) is 3.27. The van der Waals surface area contributed by atoms with Gasteiger partial charge in [0.15, 0.2) is 0 Å². The molecule has 1 rings (SSSR count). The molecule has 0 spiro atoms. The van der Waals surface area contributed by atoms with Crippen LogP contribution in [0.1, 0.15) is 37.5 Å². The smallest absolute Gasteiger partial charge is 0.327 e. The van der Waals surface area contributed by atoms with Gasteiger partial charge in [0.25, 0.3) is 0 Å². The molecule has 0 atom stereocenters. The van der Waals surface area contributed by atoms with Crippen molar-refractivity contribution in [2.45, 2.75) is 47.6 Å². The Kier molecular flexibility index (Phi) is 6.00. The van der Waals surface area contributed by atoms with E-state index in [1.165, 1.54) is 4.31 Å². The van der Waals surface area contributed by atoms with E-state index in [0.29, 0.717) is 5.69 Å².